The second kappa shape index (κ2) is 3.70. The van der Waals surface area contributed by atoms with Gasteiger partial charge in [-0.15, -0.1) is 0 Å². The number of fused-ring (bicyclic) bond motifs is 1. The third-order valence-corrected chi connectivity index (χ3v) is 4.54. The van der Waals surface area contributed by atoms with Gasteiger partial charge in [0.2, 0.25) is 0 Å². The predicted octanol–water partition coefficient (Wildman–Crippen LogP) is 4.20. The fraction of sp³-hybridized carbons (Fsp3) is 0.500. The van der Waals surface area contributed by atoms with E-state index in [4.69, 9.17) is 12.2 Å². The number of nitrogens with one attached hydrogen (secondary N) is 1. The molecule has 0 bridgehead atoms. The van der Waals surface area contributed by atoms with E-state index in [1.807, 2.05) is 0 Å². The summed E-state index contributed by atoms with van der Waals surface area (Å²) in [7, 11) is 0. The minimum atomic E-state index is 0.525. The van der Waals surface area contributed by atoms with Crippen molar-refractivity contribution in [1.82, 2.24) is 9.55 Å². The van der Waals surface area contributed by atoms with Crippen LogP contribution >= 0.6 is 12.2 Å². The molecule has 2 aromatic rings. The van der Waals surface area contributed by atoms with E-state index in [9.17, 15) is 0 Å². The van der Waals surface area contributed by atoms with Crippen LogP contribution in [0.4, 0.5) is 0 Å². The second-order valence-corrected chi connectivity index (χ2v) is 5.73. The van der Waals surface area contributed by atoms with Crippen molar-refractivity contribution in [3.8, 4) is 0 Å². The lowest BCUT2D eigenvalue weighted by atomic mass is 10.0. The van der Waals surface area contributed by atoms with Gasteiger partial charge in [0, 0.05) is 6.54 Å². The zero-order chi connectivity index (χ0) is 12.0. The van der Waals surface area contributed by atoms with E-state index in [0.717, 1.165) is 11.3 Å². The summed E-state index contributed by atoms with van der Waals surface area (Å²) in [5.74, 6) is 0. The Hall–Kier alpha value is -1.09. The van der Waals surface area contributed by atoms with Crippen molar-refractivity contribution in [3.05, 3.63) is 28.5 Å². The molecule has 0 spiro atoms. The van der Waals surface area contributed by atoms with Gasteiger partial charge in [0.1, 0.15) is 0 Å². The summed E-state index contributed by atoms with van der Waals surface area (Å²) in [6.45, 7) is 5.49. The molecule has 90 valence electrons. The van der Waals surface area contributed by atoms with Crippen molar-refractivity contribution >= 4 is 23.3 Å². The van der Waals surface area contributed by atoms with E-state index in [1.165, 1.54) is 35.9 Å². The highest BCUT2D eigenvalue weighted by atomic mass is 32.1. The quantitative estimate of drug-likeness (QED) is 0.805. The second-order valence-electron chi connectivity index (χ2n) is 5.34. The van der Waals surface area contributed by atoms with Gasteiger partial charge in [-0.2, -0.15) is 0 Å². The first-order valence-electron chi connectivity index (χ1n) is 6.33. The first kappa shape index (κ1) is 11.0. The highest BCUT2D eigenvalue weighted by Crippen LogP contribution is 2.50. The maximum Gasteiger partial charge on any atom is 0.178 e. The van der Waals surface area contributed by atoms with Crippen molar-refractivity contribution in [2.75, 3.05) is 0 Å². The highest BCUT2D eigenvalue weighted by Gasteiger charge is 2.41. The third kappa shape index (κ3) is 1.73. The maximum atomic E-state index is 5.46. The Kier molecular flexibility index (Phi) is 2.40. The molecule has 0 aliphatic heterocycles. The summed E-state index contributed by atoms with van der Waals surface area (Å²) in [5, 5.41) is 0. The number of para-hydroxylation sites is 1. The van der Waals surface area contributed by atoms with Gasteiger partial charge in [0.25, 0.3) is 0 Å². The van der Waals surface area contributed by atoms with Gasteiger partial charge >= 0.3 is 0 Å². The van der Waals surface area contributed by atoms with Gasteiger partial charge in [-0.05, 0) is 55.4 Å². The van der Waals surface area contributed by atoms with Gasteiger partial charge in [0.05, 0.1) is 11.0 Å². The van der Waals surface area contributed by atoms with Crippen molar-refractivity contribution in [3.63, 3.8) is 0 Å². The fourth-order valence-electron chi connectivity index (χ4n) is 2.62. The van der Waals surface area contributed by atoms with Crippen LogP contribution in [-0.2, 0) is 6.54 Å². The highest BCUT2D eigenvalue weighted by molar-refractivity contribution is 7.71. The minimum Gasteiger partial charge on any atom is -0.330 e. The van der Waals surface area contributed by atoms with Crippen molar-refractivity contribution < 1.29 is 0 Å². The standard InChI is InChI=1S/C14H18N2S/c1-3-14(7-8-14)9-16-11-6-4-5-10(2)12(11)15-13(16)17/h4-6H,3,7-9H2,1-2H3,(H,15,17). The van der Waals surface area contributed by atoms with E-state index in [1.54, 1.807) is 0 Å². The first-order valence-corrected chi connectivity index (χ1v) is 6.74. The molecule has 1 saturated carbocycles. The van der Waals surface area contributed by atoms with Crippen LogP contribution in [0.3, 0.4) is 0 Å². The van der Waals surface area contributed by atoms with Crippen molar-refractivity contribution in [2.24, 2.45) is 5.41 Å². The number of benzene rings is 1. The molecule has 3 rings (SSSR count). The number of rotatable bonds is 3. The summed E-state index contributed by atoms with van der Waals surface area (Å²) in [5.41, 5.74) is 4.25. The molecule has 1 fully saturated rings. The third-order valence-electron chi connectivity index (χ3n) is 4.22. The van der Waals surface area contributed by atoms with Gasteiger partial charge in [-0.1, -0.05) is 19.1 Å². The maximum absolute atomic E-state index is 5.46. The molecule has 0 unspecified atom stereocenters. The Balaban J connectivity index is 2.13. The van der Waals surface area contributed by atoms with Crippen LogP contribution in [-0.4, -0.2) is 9.55 Å². The van der Waals surface area contributed by atoms with Crippen LogP contribution in [0.15, 0.2) is 18.2 Å². The van der Waals surface area contributed by atoms with Crippen LogP contribution in [0, 0.1) is 17.1 Å². The Labute approximate surface area is 107 Å². The Morgan fingerprint density at radius 3 is 2.82 bits per heavy atom. The molecule has 3 heteroatoms. The molecule has 17 heavy (non-hydrogen) atoms. The van der Waals surface area contributed by atoms with Gasteiger partial charge < -0.3 is 9.55 Å². The average Bonchev–Trinajstić information content (AvgIpc) is 3.02. The molecule has 1 aliphatic rings. The lowest BCUT2D eigenvalue weighted by molar-refractivity contribution is 0.413. The lowest BCUT2D eigenvalue weighted by Crippen LogP contribution is -2.10. The van der Waals surface area contributed by atoms with E-state index < -0.39 is 0 Å². The number of aryl methyl sites for hydroxylation is 1. The monoisotopic (exact) mass is 246 g/mol. The molecule has 1 heterocycles. The molecule has 1 aromatic heterocycles. The number of nitrogens with zero attached hydrogens (tertiary/aromatic N) is 1. The molecule has 0 atom stereocenters. The SMILES string of the molecule is CCC1(Cn2c(=S)[nH]c3c(C)cccc32)CC1. The molecule has 2 nitrogen and oxygen atoms in total. The van der Waals surface area contributed by atoms with E-state index in [-0.39, 0.29) is 0 Å². The number of aromatic nitrogens is 2. The minimum absolute atomic E-state index is 0.525. The van der Waals surface area contributed by atoms with Gasteiger partial charge in [0.15, 0.2) is 4.77 Å². The van der Waals surface area contributed by atoms with Crippen LogP contribution in [0.1, 0.15) is 31.7 Å². The van der Waals surface area contributed by atoms with Crippen molar-refractivity contribution in [2.45, 2.75) is 39.7 Å². The smallest absolute Gasteiger partial charge is 0.178 e. The molecular weight excluding hydrogens is 228 g/mol. The van der Waals surface area contributed by atoms with Crippen LogP contribution < -0.4 is 0 Å². The molecule has 1 aliphatic carbocycles. The zero-order valence-electron chi connectivity index (χ0n) is 10.4. The molecule has 0 radical (unpaired) electrons. The van der Waals surface area contributed by atoms with Crippen LogP contribution in [0.5, 0.6) is 0 Å². The molecule has 1 N–H and O–H groups in total. The lowest BCUT2D eigenvalue weighted by Gasteiger charge is -2.13. The Bertz CT molecular complexity index is 617. The average molecular weight is 246 g/mol. The largest absolute Gasteiger partial charge is 0.330 e. The number of hydrogen-bond donors (Lipinski definition) is 1. The van der Waals surface area contributed by atoms with E-state index in [2.05, 4.69) is 41.6 Å². The van der Waals surface area contributed by atoms with Crippen LogP contribution in [0.25, 0.3) is 11.0 Å². The molecule has 1 aromatic carbocycles. The Morgan fingerprint density at radius 1 is 1.41 bits per heavy atom. The summed E-state index contributed by atoms with van der Waals surface area (Å²) < 4.78 is 3.16. The molecule has 0 amide bonds. The molecule has 0 saturated heterocycles. The summed E-state index contributed by atoms with van der Waals surface area (Å²) in [6, 6.07) is 6.41. The topological polar surface area (TPSA) is 20.7 Å². The van der Waals surface area contributed by atoms with Crippen molar-refractivity contribution in [1.29, 1.82) is 0 Å². The van der Waals surface area contributed by atoms with Gasteiger partial charge in [-0.3, -0.25) is 0 Å². The fourth-order valence-corrected chi connectivity index (χ4v) is 2.88. The zero-order valence-corrected chi connectivity index (χ0v) is 11.2. The predicted molar refractivity (Wildman–Crippen MR) is 73.8 cm³/mol. The first-order chi connectivity index (χ1) is 8.15. The molecular formula is C14H18N2S. The van der Waals surface area contributed by atoms with E-state index >= 15 is 0 Å². The summed E-state index contributed by atoms with van der Waals surface area (Å²) in [6.07, 6.45) is 3.96. The number of aromatic amines is 1. The van der Waals surface area contributed by atoms with Crippen LogP contribution in [0.2, 0.25) is 0 Å². The summed E-state index contributed by atoms with van der Waals surface area (Å²) in [4.78, 5) is 3.35. The Morgan fingerprint density at radius 2 is 2.18 bits per heavy atom. The number of hydrogen-bond acceptors (Lipinski definition) is 1. The normalized spacial score (nSPS) is 17.5. The number of imidazole rings is 1. The van der Waals surface area contributed by atoms with E-state index in [0.29, 0.717) is 5.41 Å². The van der Waals surface area contributed by atoms with Gasteiger partial charge in [-0.25, -0.2) is 0 Å². The summed E-state index contributed by atoms with van der Waals surface area (Å²) >= 11 is 5.46. The number of H-pyrrole nitrogens is 1.